The standard InChI is InChI=1S/C19H29O7PS/c1-6-24-18(20)19(13-27-21,25-7-2)17(14(3)4)12-26-28(22,23)16-10-8-15(5)9-11-16/h8-11,14,17H,6-7,12-13H2,1-5H3/p+1. The molecule has 28 heavy (non-hydrogen) atoms. The summed E-state index contributed by atoms with van der Waals surface area (Å²) in [4.78, 5) is 12.8. The number of aryl methyl sites for hydroxylation is 1. The largest absolute Gasteiger partial charge is 0.464 e. The Hall–Kier alpha value is -1.34. The molecule has 0 spiro atoms. The highest BCUT2D eigenvalue weighted by Crippen LogP contribution is 2.34. The zero-order valence-electron chi connectivity index (χ0n) is 17.1. The van der Waals surface area contributed by atoms with Crippen LogP contribution in [0.25, 0.3) is 0 Å². The van der Waals surface area contributed by atoms with E-state index in [-0.39, 0.29) is 36.8 Å². The van der Waals surface area contributed by atoms with Crippen molar-refractivity contribution in [2.75, 3.05) is 26.0 Å². The van der Waals surface area contributed by atoms with Crippen LogP contribution < -0.4 is 0 Å². The molecule has 1 aromatic carbocycles. The fourth-order valence-corrected chi connectivity index (χ4v) is 4.65. The summed E-state index contributed by atoms with van der Waals surface area (Å²) in [6.07, 6.45) is -0.101. The highest BCUT2D eigenvalue weighted by Gasteiger charge is 2.53. The number of hydrogen-bond donors (Lipinski definition) is 0. The van der Waals surface area contributed by atoms with Gasteiger partial charge in [-0.2, -0.15) is 8.42 Å². The van der Waals surface area contributed by atoms with Crippen molar-refractivity contribution < 1.29 is 31.4 Å². The van der Waals surface area contributed by atoms with E-state index in [2.05, 4.69) is 0 Å². The number of rotatable bonds is 12. The Labute approximate surface area is 169 Å². The van der Waals surface area contributed by atoms with Crippen LogP contribution in [-0.4, -0.2) is 46.0 Å². The van der Waals surface area contributed by atoms with E-state index in [1.807, 2.05) is 20.8 Å². The van der Waals surface area contributed by atoms with Gasteiger partial charge in [-0.05, 0) is 38.8 Å². The van der Waals surface area contributed by atoms with E-state index in [9.17, 15) is 17.8 Å². The minimum absolute atomic E-state index is 0.0319. The van der Waals surface area contributed by atoms with E-state index in [1.54, 1.807) is 26.0 Å². The zero-order valence-corrected chi connectivity index (χ0v) is 18.9. The third kappa shape index (κ3) is 6.08. The molecule has 0 amide bonds. The summed E-state index contributed by atoms with van der Waals surface area (Å²) in [5.74, 6) is -1.52. The fraction of sp³-hybridized carbons (Fsp3) is 0.632. The zero-order chi connectivity index (χ0) is 21.4. The molecule has 0 aliphatic heterocycles. The third-order valence-corrected chi connectivity index (χ3v) is 6.44. The molecule has 0 fully saturated rings. The van der Waals surface area contributed by atoms with Crippen molar-refractivity contribution in [1.29, 1.82) is 0 Å². The average Bonchev–Trinajstić information content (AvgIpc) is 2.62. The molecule has 0 saturated heterocycles. The lowest BCUT2D eigenvalue weighted by Gasteiger charge is -2.36. The summed E-state index contributed by atoms with van der Waals surface area (Å²) < 4.78 is 52.8. The second-order valence-electron chi connectivity index (χ2n) is 6.77. The highest BCUT2D eigenvalue weighted by molar-refractivity contribution is 7.86. The van der Waals surface area contributed by atoms with Crippen LogP contribution in [-0.2, 0) is 33.1 Å². The second kappa shape index (κ2) is 11.0. The summed E-state index contributed by atoms with van der Waals surface area (Å²) >= 11 is 0. The molecule has 0 aliphatic carbocycles. The molecule has 0 saturated carbocycles. The van der Waals surface area contributed by atoms with E-state index in [1.165, 1.54) is 12.1 Å². The third-order valence-electron chi connectivity index (χ3n) is 4.47. The van der Waals surface area contributed by atoms with Gasteiger partial charge < -0.3 is 9.47 Å². The SMILES string of the molecule is CCOC(=O)C(C[PH+]=O)(OCC)C(COS(=O)(=O)c1ccc(C)cc1)C(C)C. The van der Waals surface area contributed by atoms with Crippen LogP contribution in [0.3, 0.4) is 0 Å². The molecule has 1 aromatic rings. The molecule has 0 bridgehead atoms. The Morgan fingerprint density at radius 1 is 1.14 bits per heavy atom. The first-order valence-corrected chi connectivity index (χ1v) is 11.8. The van der Waals surface area contributed by atoms with Gasteiger partial charge in [-0.15, -0.1) is 0 Å². The first-order valence-electron chi connectivity index (χ1n) is 9.26. The van der Waals surface area contributed by atoms with Crippen LogP contribution in [0.5, 0.6) is 0 Å². The van der Waals surface area contributed by atoms with Gasteiger partial charge in [0.2, 0.25) is 5.60 Å². The number of hydrogen-bond acceptors (Lipinski definition) is 7. The van der Waals surface area contributed by atoms with Crippen LogP contribution in [0, 0.1) is 18.8 Å². The van der Waals surface area contributed by atoms with Crippen LogP contribution in [0.4, 0.5) is 0 Å². The summed E-state index contributed by atoms with van der Waals surface area (Å²) in [6.45, 7) is 8.89. The number of carbonyl (C=O) groups excluding carboxylic acids is 1. The van der Waals surface area contributed by atoms with Crippen LogP contribution in [0.15, 0.2) is 29.2 Å². The molecular formula is C19H30O7PS+. The molecule has 0 N–H and O–H groups in total. The molecule has 1 rings (SSSR count). The number of benzene rings is 1. The van der Waals surface area contributed by atoms with Gasteiger partial charge in [-0.3, -0.25) is 4.18 Å². The van der Waals surface area contributed by atoms with E-state index in [4.69, 9.17) is 13.7 Å². The minimum Gasteiger partial charge on any atom is -0.464 e. The quantitative estimate of drug-likeness (QED) is 0.283. The number of carbonyl (C=O) groups is 1. The molecule has 7 nitrogen and oxygen atoms in total. The van der Waals surface area contributed by atoms with Crippen molar-refractivity contribution in [3.8, 4) is 0 Å². The van der Waals surface area contributed by atoms with Gasteiger partial charge >= 0.3 is 14.4 Å². The molecule has 0 heterocycles. The maximum Gasteiger partial charge on any atom is 0.343 e. The highest BCUT2D eigenvalue weighted by atomic mass is 32.2. The maximum atomic E-state index is 12.7. The summed E-state index contributed by atoms with van der Waals surface area (Å²) in [7, 11) is -4.83. The van der Waals surface area contributed by atoms with Crippen molar-refractivity contribution in [1.82, 2.24) is 0 Å². The van der Waals surface area contributed by atoms with Gasteiger partial charge in [-0.25, -0.2) is 4.79 Å². The lowest BCUT2D eigenvalue weighted by molar-refractivity contribution is -0.181. The van der Waals surface area contributed by atoms with Crippen LogP contribution in [0.1, 0.15) is 33.3 Å². The van der Waals surface area contributed by atoms with Gasteiger partial charge in [0.25, 0.3) is 10.1 Å². The Balaban J connectivity index is 3.21. The van der Waals surface area contributed by atoms with E-state index < -0.39 is 36.1 Å². The van der Waals surface area contributed by atoms with Crippen molar-refractivity contribution in [2.24, 2.45) is 11.8 Å². The smallest absolute Gasteiger partial charge is 0.343 e. The van der Waals surface area contributed by atoms with Gasteiger partial charge in [0.15, 0.2) is 6.16 Å². The predicted octanol–water partition coefficient (Wildman–Crippen LogP) is 3.33. The lowest BCUT2D eigenvalue weighted by atomic mass is 9.81. The van der Waals surface area contributed by atoms with Gasteiger partial charge in [0.1, 0.15) is 0 Å². The van der Waals surface area contributed by atoms with Crippen LogP contribution >= 0.6 is 8.46 Å². The van der Waals surface area contributed by atoms with Crippen molar-refractivity contribution in [3.05, 3.63) is 29.8 Å². The van der Waals surface area contributed by atoms with E-state index in [0.717, 1.165) is 5.56 Å². The predicted molar refractivity (Wildman–Crippen MR) is 108 cm³/mol. The minimum atomic E-state index is -4.02. The first-order chi connectivity index (χ1) is 13.1. The van der Waals surface area contributed by atoms with Crippen molar-refractivity contribution in [3.63, 3.8) is 0 Å². The van der Waals surface area contributed by atoms with Gasteiger partial charge in [0, 0.05) is 12.5 Å². The number of esters is 1. The van der Waals surface area contributed by atoms with E-state index >= 15 is 0 Å². The monoisotopic (exact) mass is 433 g/mol. The lowest BCUT2D eigenvalue weighted by Crippen LogP contribution is -2.54. The fourth-order valence-electron chi connectivity index (χ4n) is 2.99. The molecular weight excluding hydrogens is 403 g/mol. The van der Waals surface area contributed by atoms with Crippen molar-refractivity contribution >= 4 is 24.5 Å². The second-order valence-corrected chi connectivity index (χ2v) is 9.02. The summed E-state index contributed by atoms with van der Waals surface area (Å²) in [5, 5.41) is 0. The Morgan fingerprint density at radius 3 is 2.21 bits per heavy atom. The van der Waals surface area contributed by atoms with Crippen LogP contribution in [0.2, 0.25) is 0 Å². The Morgan fingerprint density at radius 2 is 1.75 bits per heavy atom. The molecule has 158 valence electrons. The summed E-state index contributed by atoms with van der Waals surface area (Å²) in [5.41, 5.74) is -0.616. The topological polar surface area (TPSA) is 96.0 Å². The molecule has 9 heteroatoms. The molecule has 0 radical (unpaired) electrons. The average molecular weight is 433 g/mol. The normalized spacial score (nSPS) is 15.4. The van der Waals surface area contributed by atoms with E-state index in [0.29, 0.717) is 0 Å². The molecule has 0 aromatic heterocycles. The first kappa shape index (κ1) is 24.7. The van der Waals surface area contributed by atoms with Gasteiger partial charge in [-0.1, -0.05) is 36.1 Å². The number of ether oxygens (including phenoxy) is 2. The maximum absolute atomic E-state index is 12.7. The molecule has 3 unspecified atom stereocenters. The van der Waals surface area contributed by atoms with Gasteiger partial charge in [0.05, 0.1) is 18.1 Å². The molecule has 3 atom stereocenters. The molecule has 0 aliphatic rings. The Kier molecular flexibility index (Phi) is 9.70. The van der Waals surface area contributed by atoms with Crippen molar-refractivity contribution in [2.45, 2.75) is 45.1 Å². The Bertz CT molecular complexity index is 746. The summed E-state index contributed by atoms with van der Waals surface area (Å²) in [6, 6.07) is 6.29.